The Balaban J connectivity index is 3.46. The molecule has 0 heterocycles. The largest absolute Gasteiger partial charge is 0.481 e. The summed E-state index contributed by atoms with van der Waals surface area (Å²) < 4.78 is 0. The molecule has 0 atom stereocenters. The molecule has 0 fully saturated rings. The summed E-state index contributed by atoms with van der Waals surface area (Å²) in [4.78, 5) is 21.4. The number of carboxylic acid groups (broad SMARTS) is 2. The monoisotopic (exact) mass is 324 g/mol. The van der Waals surface area contributed by atoms with Crippen LogP contribution in [0.4, 0.5) is 0 Å². The number of carbonyl (C=O) groups is 2. The van der Waals surface area contributed by atoms with Crippen LogP contribution in [-0.2, 0) is 9.59 Å². The van der Waals surface area contributed by atoms with Crippen molar-refractivity contribution in [2.24, 2.45) is 5.92 Å². The molecular formula is C19H32O4. The molecule has 4 heteroatoms. The normalized spacial score (nSPS) is 11.7. The Morgan fingerprint density at radius 1 is 0.783 bits per heavy atom. The van der Waals surface area contributed by atoms with Crippen molar-refractivity contribution in [1.82, 2.24) is 0 Å². The van der Waals surface area contributed by atoms with Gasteiger partial charge in [-0.15, -0.1) is 0 Å². The molecule has 0 aromatic carbocycles. The molecule has 0 unspecified atom stereocenters. The molecule has 0 aliphatic heterocycles. The minimum atomic E-state index is -1.25. The predicted molar refractivity (Wildman–Crippen MR) is 93.5 cm³/mol. The van der Waals surface area contributed by atoms with Crippen LogP contribution in [0.15, 0.2) is 24.3 Å². The SMILES string of the molecule is CCCCCC=CCC=CCCCCCCC(C(=O)O)C(=O)O. The molecule has 2 N–H and O–H groups in total. The Bertz CT molecular complexity index is 358. The molecule has 0 rings (SSSR count). The van der Waals surface area contributed by atoms with Gasteiger partial charge < -0.3 is 10.2 Å². The Kier molecular flexibility index (Phi) is 14.3. The van der Waals surface area contributed by atoms with Gasteiger partial charge in [0.2, 0.25) is 0 Å². The third-order valence-corrected chi connectivity index (χ3v) is 3.79. The van der Waals surface area contributed by atoms with Crippen molar-refractivity contribution in [2.45, 2.75) is 77.6 Å². The third-order valence-electron chi connectivity index (χ3n) is 3.79. The number of hydrogen-bond acceptors (Lipinski definition) is 2. The summed E-state index contributed by atoms with van der Waals surface area (Å²) in [6, 6.07) is 0. The Labute approximate surface area is 140 Å². The van der Waals surface area contributed by atoms with Crippen molar-refractivity contribution in [3.8, 4) is 0 Å². The molecule has 0 bridgehead atoms. The van der Waals surface area contributed by atoms with Gasteiger partial charge in [-0.1, -0.05) is 63.3 Å². The molecule has 0 saturated carbocycles. The lowest BCUT2D eigenvalue weighted by Crippen LogP contribution is -2.23. The number of carboxylic acids is 2. The van der Waals surface area contributed by atoms with Crippen LogP contribution in [0.25, 0.3) is 0 Å². The second kappa shape index (κ2) is 15.3. The number of unbranched alkanes of at least 4 members (excludes halogenated alkanes) is 7. The van der Waals surface area contributed by atoms with Crippen LogP contribution in [0.3, 0.4) is 0 Å². The van der Waals surface area contributed by atoms with E-state index in [1.54, 1.807) is 0 Å². The van der Waals surface area contributed by atoms with Gasteiger partial charge in [-0.3, -0.25) is 9.59 Å². The molecule has 23 heavy (non-hydrogen) atoms. The lowest BCUT2D eigenvalue weighted by atomic mass is 10.0. The highest BCUT2D eigenvalue weighted by Crippen LogP contribution is 2.12. The standard InChI is InChI=1S/C19H32O4/c1-2-3-4-5-6-7-8-9-10-11-12-13-14-15-16-17(18(20)21)19(22)23/h6-7,9-10,17H,2-5,8,11-16H2,1H3,(H,20,21)(H,22,23). The van der Waals surface area contributed by atoms with E-state index in [2.05, 4.69) is 31.2 Å². The van der Waals surface area contributed by atoms with E-state index in [-0.39, 0.29) is 6.42 Å². The fourth-order valence-corrected chi connectivity index (χ4v) is 2.34. The van der Waals surface area contributed by atoms with Gasteiger partial charge in [0, 0.05) is 0 Å². The van der Waals surface area contributed by atoms with Crippen molar-refractivity contribution >= 4 is 11.9 Å². The first-order valence-corrected chi connectivity index (χ1v) is 8.85. The van der Waals surface area contributed by atoms with Crippen LogP contribution in [0.2, 0.25) is 0 Å². The zero-order chi connectivity index (χ0) is 17.3. The lowest BCUT2D eigenvalue weighted by Gasteiger charge is -2.06. The zero-order valence-corrected chi connectivity index (χ0v) is 14.4. The number of allylic oxidation sites excluding steroid dienone is 4. The Morgan fingerprint density at radius 2 is 1.30 bits per heavy atom. The van der Waals surface area contributed by atoms with Gasteiger partial charge in [0.25, 0.3) is 0 Å². The quantitative estimate of drug-likeness (QED) is 0.247. The summed E-state index contributed by atoms with van der Waals surface area (Å²) in [5.74, 6) is -3.72. The highest BCUT2D eigenvalue weighted by atomic mass is 16.4. The van der Waals surface area contributed by atoms with Gasteiger partial charge in [-0.2, -0.15) is 0 Å². The first-order valence-electron chi connectivity index (χ1n) is 8.85. The van der Waals surface area contributed by atoms with Crippen LogP contribution in [0.5, 0.6) is 0 Å². The molecular weight excluding hydrogens is 292 g/mol. The first kappa shape index (κ1) is 21.4. The Hall–Kier alpha value is -1.58. The van der Waals surface area contributed by atoms with E-state index in [1.165, 1.54) is 25.7 Å². The second-order valence-corrected chi connectivity index (χ2v) is 5.89. The molecule has 0 spiro atoms. The van der Waals surface area contributed by atoms with Crippen LogP contribution in [-0.4, -0.2) is 22.2 Å². The fourth-order valence-electron chi connectivity index (χ4n) is 2.34. The van der Waals surface area contributed by atoms with Crippen LogP contribution >= 0.6 is 0 Å². The van der Waals surface area contributed by atoms with Crippen LogP contribution < -0.4 is 0 Å². The number of hydrogen-bond donors (Lipinski definition) is 2. The third kappa shape index (κ3) is 13.8. The maximum absolute atomic E-state index is 10.7. The minimum absolute atomic E-state index is 0.226. The van der Waals surface area contributed by atoms with Crippen molar-refractivity contribution < 1.29 is 19.8 Å². The van der Waals surface area contributed by atoms with Gasteiger partial charge in [0.1, 0.15) is 0 Å². The molecule has 0 aromatic rings. The highest BCUT2D eigenvalue weighted by Gasteiger charge is 2.24. The van der Waals surface area contributed by atoms with Crippen molar-refractivity contribution in [2.75, 3.05) is 0 Å². The van der Waals surface area contributed by atoms with Crippen LogP contribution in [0, 0.1) is 5.92 Å². The zero-order valence-electron chi connectivity index (χ0n) is 14.4. The summed E-state index contributed by atoms with van der Waals surface area (Å²) in [7, 11) is 0. The molecule has 0 amide bonds. The fraction of sp³-hybridized carbons (Fsp3) is 0.684. The molecule has 132 valence electrons. The number of aliphatic carboxylic acids is 2. The van der Waals surface area contributed by atoms with E-state index in [0.717, 1.165) is 32.1 Å². The molecule has 0 aliphatic carbocycles. The predicted octanol–water partition coefficient (Wildman–Crippen LogP) is 5.20. The summed E-state index contributed by atoms with van der Waals surface area (Å²) in [6.45, 7) is 2.21. The summed E-state index contributed by atoms with van der Waals surface area (Å²) >= 11 is 0. The molecule has 0 aromatic heterocycles. The van der Waals surface area contributed by atoms with Gasteiger partial charge >= 0.3 is 11.9 Å². The van der Waals surface area contributed by atoms with E-state index in [1.807, 2.05) is 0 Å². The van der Waals surface area contributed by atoms with Crippen molar-refractivity contribution in [1.29, 1.82) is 0 Å². The molecule has 0 saturated heterocycles. The van der Waals surface area contributed by atoms with Gasteiger partial charge in [-0.05, 0) is 38.5 Å². The average Bonchev–Trinajstić information content (AvgIpc) is 2.50. The molecule has 4 nitrogen and oxygen atoms in total. The second-order valence-electron chi connectivity index (χ2n) is 5.89. The first-order chi connectivity index (χ1) is 11.1. The minimum Gasteiger partial charge on any atom is -0.481 e. The van der Waals surface area contributed by atoms with Crippen LogP contribution in [0.1, 0.15) is 77.6 Å². The molecule has 0 aliphatic rings. The molecule has 0 radical (unpaired) electrons. The van der Waals surface area contributed by atoms with Crippen molar-refractivity contribution in [3.63, 3.8) is 0 Å². The lowest BCUT2D eigenvalue weighted by molar-refractivity contribution is -0.154. The summed E-state index contributed by atoms with van der Waals surface area (Å²) in [5.41, 5.74) is 0. The smallest absolute Gasteiger partial charge is 0.317 e. The van der Waals surface area contributed by atoms with Gasteiger partial charge in [0.15, 0.2) is 5.92 Å². The summed E-state index contributed by atoms with van der Waals surface area (Å²) in [6.07, 6.45) is 19.7. The maximum atomic E-state index is 10.7. The van der Waals surface area contributed by atoms with Gasteiger partial charge in [-0.25, -0.2) is 0 Å². The summed E-state index contributed by atoms with van der Waals surface area (Å²) in [5, 5.41) is 17.5. The van der Waals surface area contributed by atoms with E-state index < -0.39 is 17.9 Å². The number of rotatable bonds is 15. The van der Waals surface area contributed by atoms with Gasteiger partial charge in [0.05, 0.1) is 0 Å². The highest BCUT2D eigenvalue weighted by molar-refractivity contribution is 5.92. The van der Waals surface area contributed by atoms with Crippen molar-refractivity contribution in [3.05, 3.63) is 24.3 Å². The van der Waals surface area contributed by atoms with E-state index >= 15 is 0 Å². The average molecular weight is 324 g/mol. The topological polar surface area (TPSA) is 74.6 Å². The maximum Gasteiger partial charge on any atom is 0.317 e. The Morgan fingerprint density at radius 3 is 1.83 bits per heavy atom. The van der Waals surface area contributed by atoms with E-state index in [4.69, 9.17) is 10.2 Å². The van der Waals surface area contributed by atoms with E-state index in [0.29, 0.717) is 6.42 Å². The van der Waals surface area contributed by atoms with E-state index in [9.17, 15) is 9.59 Å².